The minimum Gasteiger partial charge on any atom is -0.493 e. The fourth-order valence-corrected chi connectivity index (χ4v) is 4.73. The van der Waals surface area contributed by atoms with E-state index in [0.717, 1.165) is 52.8 Å². The summed E-state index contributed by atoms with van der Waals surface area (Å²) in [6.07, 6.45) is 3.17. The van der Waals surface area contributed by atoms with Gasteiger partial charge in [0.1, 0.15) is 11.5 Å². The topological polar surface area (TPSA) is 81.7 Å². The lowest BCUT2D eigenvalue weighted by Crippen LogP contribution is -2.22. The molecule has 3 heterocycles. The average Bonchev–Trinajstić information content (AvgIpc) is 3.31. The zero-order chi connectivity index (χ0) is 19.5. The van der Waals surface area contributed by atoms with Crippen LogP contribution >= 0.6 is 0 Å². The second-order valence-electron chi connectivity index (χ2n) is 6.89. The second kappa shape index (κ2) is 8.36. The van der Waals surface area contributed by atoms with Gasteiger partial charge in [0.25, 0.3) is 0 Å². The van der Waals surface area contributed by atoms with Gasteiger partial charge in [0.15, 0.2) is 5.44 Å². The molecule has 0 aliphatic carbocycles. The molecule has 2 N–H and O–H groups in total. The molecule has 150 valence electrons. The molecule has 1 aromatic carbocycles. The number of anilines is 2. The number of pyridine rings is 1. The summed E-state index contributed by atoms with van der Waals surface area (Å²) in [5.74, 6) is 1.94. The maximum absolute atomic E-state index is 13.0. The molecular formula is C20H25N3O4S. The van der Waals surface area contributed by atoms with Crippen LogP contribution in [0, 0.1) is 6.92 Å². The molecule has 2 aliphatic heterocycles. The molecule has 0 amide bonds. The number of fused-ring (bicyclic) bond motifs is 2. The quantitative estimate of drug-likeness (QED) is 0.656. The predicted octanol–water partition coefficient (Wildman–Crippen LogP) is 2.81. The smallest absolute Gasteiger partial charge is 0.177 e. The van der Waals surface area contributed by atoms with Gasteiger partial charge in [-0.15, -0.1) is 0 Å². The number of benzene rings is 1. The Morgan fingerprint density at radius 3 is 2.93 bits per heavy atom. The Hall–Kier alpha value is -2.32. The maximum atomic E-state index is 13.0. The third-order valence-corrected chi connectivity index (χ3v) is 6.39. The van der Waals surface area contributed by atoms with E-state index in [2.05, 4.69) is 21.7 Å². The minimum atomic E-state index is -1.20. The van der Waals surface area contributed by atoms with E-state index in [4.69, 9.17) is 14.2 Å². The minimum absolute atomic E-state index is 0.343. The molecule has 28 heavy (non-hydrogen) atoms. The Labute approximate surface area is 167 Å². The summed E-state index contributed by atoms with van der Waals surface area (Å²) in [5, 5.41) is 6.53. The molecule has 0 bridgehead atoms. The van der Waals surface area contributed by atoms with E-state index in [1.165, 1.54) is 0 Å². The van der Waals surface area contributed by atoms with Gasteiger partial charge in [0.2, 0.25) is 0 Å². The van der Waals surface area contributed by atoms with Gasteiger partial charge in [-0.2, -0.15) is 0 Å². The lowest BCUT2D eigenvalue weighted by atomic mass is 10.1. The number of hydrogen-bond acceptors (Lipinski definition) is 7. The van der Waals surface area contributed by atoms with E-state index in [1.54, 1.807) is 13.3 Å². The van der Waals surface area contributed by atoms with Crippen LogP contribution in [0.25, 0.3) is 0 Å². The third kappa shape index (κ3) is 3.93. The summed E-state index contributed by atoms with van der Waals surface area (Å²) in [5.41, 5.74) is 4.55. The van der Waals surface area contributed by atoms with Crippen LogP contribution in [0.5, 0.6) is 11.5 Å². The van der Waals surface area contributed by atoms with E-state index in [1.807, 2.05) is 19.1 Å². The van der Waals surface area contributed by atoms with Gasteiger partial charge < -0.3 is 24.8 Å². The highest BCUT2D eigenvalue weighted by atomic mass is 32.2. The molecule has 2 unspecified atom stereocenters. The third-order valence-electron chi connectivity index (χ3n) is 4.98. The van der Waals surface area contributed by atoms with Gasteiger partial charge in [-0.1, -0.05) is 0 Å². The van der Waals surface area contributed by atoms with Crippen molar-refractivity contribution >= 4 is 22.2 Å². The van der Waals surface area contributed by atoms with Gasteiger partial charge in [0, 0.05) is 49.9 Å². The van der Waals surface area contributed by atoms with E-state index >= 15 is 0 Å². The van der Waals surface area contributed by atoms with Crippen LogP contribution in [0.4, 0.5) is 11.4 Å². The standard InChI is InChI=1S/C20H25N3O4S/c1-13-17(21-5-4-18(13)26-7-3-6-25-2)11-28(24)20-9-14-8-15-16(23-12-22-15)10-19(14)27-20/h4-5,8,10,20,22-23H,3,6-7,9,11-12H2,1-2H3. The van der Waals surface area contributed by atoms with Crippen molar-refractivity contribution < 1.29 is 18.4 Å². The molecule has 2 atom stereocenters. The molecule has 2 aliphatic rings. The van der Waals surface area contributed by atoms with Gasteiger partial charge in [-0.05, 0) is 19.1 Å². The molecule has 0 fully saturated rings. The Morgan fingerprint density at radius 1 is 1.29 bits per heavy atom. The molecule has 0 radical (unpaired) electrons. The van der Waals surface area contributed by atoms with Crippen molar-refractivity contribution in [3.8, 4) is 11.5 Å². The fraction of sp³-hybridized carbons (Fsp3) is 0.450. The highest BCUT2D eigenvalue weighted by Crippen LogP contribution is 2.39. The Morgan fingerprint density at radius 2 is 2.11 bits per heavy atom. The molecule has 8 heteroatoms. The number of aromatic nitrogens is 1. The van der Waals surface area contributed by atoms with Gasteiger partial charge in [-0.25, -0.2) is 0 Å². The van der Waals surface area contributed by atoms with Crippen LogP contribution in [0.1, 0.15) is 23.2 Å². The highest BCUT2D eigenvalue weighted by molar-refractivity contribution is 7.84. The predicted molar refractivity (Wildman–Crippen MR) is 109 cm³/mol. The number of hydrogen-bond donors (Lipinski definition) is 2. The van der Waals surface area contributed by atoms with Crippen molar-refractivity contribution in [2.75, 3.05) is 37.6 Å². The van der Waals surface area contributed by atoms with Gasteiger partial charge in [0.05, 0.1) is 46.9 Å². The summed E-state index contributed by atoms with van der Waals surface area (Å²) in [4.78, 5) is 4.42. The summed E-state index contributed by atoms with van der Waals surface area (Å²) in [7, 11) is 0.478. The molecule has 0 saturated carbocycles. The van der Waals surface area contributed by atoms with E-state index in [0.29, 0.717) is 25.4 Å². The van der Waals surface area contributed by atoms with Crippen molar-refractivity contribution in [1.82, 2.24) is 4.98 Å². The molecule has 4 rings (SSSR count). The van der Waals surface area contributed by atoms with Crippen LogP contribution < -0.4 is 20.1 Å². The van der Waals surface area contributed by atoms with Crippen LogP contribution in [0.2, 0.25) is 0 Å². The molecule has 2 aromatic rings. The number of ether oxygens (including phenoxy) is 3. The Kier molecular flexibility index (Phi) is 5.68. The fourth-order valence-electron chi connectivity index (χ4n) is 3.40. The van der Waals surface area contributed by atoms with Crippen molar-refractivity contribution in [3.05, 3.63) is 41.2 Å². The van der Waals surface area contributed by atoms with E-state index in [-0.39, 0.29) is 5.44 Å². The lowest BCUT2D eigenvalue weighted by molar-refractivity contribution is 0.172. The summed E-state index contributed by atoms with van der Waals surface area (Å²) in [6.45, 7) is 3.92. The molecule has 0 spiro atoms. The first-order chi connectivity index (χ1) is 13.7. The number of nitrogens with one attached hydrogen (secondary N) is 2. The number of rotatable bonds is 8. The number of methoxy groups -OCH3 is 1. The van der Waals surface area contributed by atoms with Crippen molar-refractivity contribution in [2.24, 2.45) is 0 Å². The van der Waals surface area contributed by atoms with Crippen LogP contribution in [0.15, 0.2) is 24.4 Å². The Bertz CT molecular complexity index is 857. The first-order valence-electron chi connectivity index (χ1n) is 9.40. The molecule has 1 aromatic heterocycles. The number of nitrogens with zero attached hydrogens (tertiary/aromatic N) is 1. The van der Waals surface area contributed by atoms with E-state index in [9.17, 15) is 4.21 Å². The van der Waals surface area contributed by atoms with Gasteiger partial charge >= 0.3 is 0 Å². The SMILES string of the molecule is COCCCOc1ccnc(CS(=O)C2Cc3cc4c(cc3O2)NCN4)c1C. The zero-order valence-electron chi connectivity index (χ0n) is 16.1. The van der Waals surface area contributed by atoms with Crippen molar-refractivity contribution in [3.63, 3.8) is 0 Å². The molecular weight excluding hydrogens is 378 g/mol. The van der Waals surface area contributed by atoms with Crippen molar-refractivity contribution in [1.29, 1.82) is 0 Å². The molecule has 0 saturated heterocycles. The zero-order valence-corrected chi connectivity index (χ0v) is 16.9. The lowest BCUT2D eigenvalue weighted by Gasteiger charge is -2.14. The summed E-state index contributed by atoms with van der Waals surface area (Å²) < 4.78 is 29.8. The van der Waals surface area contributed by atoms with Gasteiger partial charge in [-0.3, -0.25) is 9.19 Å². The van der Waals surface area contributed by atoms with E-state index < -0.39 is 10.8 Å². The second-order valence-corrected chi connectivity index (χ2v) is 8.46. The van der Waals surface area contributed by atoms with Crippen LogP contribution in [-0.2, 0) is 27.7 Å². The van der Waals surface area contributed by atoms with Crippen LogP contribution in [0.3, 0.4) is 0 Å². The highest BCUT2D eigenvalue weighted by Gasteiger charge is 2.30. The summed E-state index contributed by atoms with van der Waals surface area (Å²) in [6, 6.07) is 5.91. The molecule has 7 nitrogen and oxygen atoms in total. The maximum Gasteiger partial charge on any atom is 0.177 e. The first-order valence-corrected chi connectivity index (χ1v) is 10.8. The summed E-state index contributed by atoms with van der Waals surface area (Å²) >= 11 is 0. The van der Waals surface area contributed by atoms with Crippen molar-refractivity contribution in [2.45, 2.75) is 31.0 Å². The monoisotopic (exact) mass is 403 g/mol. The Balaban J connectivity index is 1.40. The first kappa shape index (κ1) is 19.0. The normalized spacial score (nSPS) is 17.9. The average molecular weight is 404 g/mol. The van der Waals surface area contributed by atoms with Crippen LogP contribution in [-0.4, -0.2) is 41.6 Å². The largest absolute Gasteiger partial charge is 0.493 e.